The van der Waals surface area contributed by atoms with Crippen LogP contribution in [0.4, 0.5) is 4.39 Å². The van der Waals surface area contributed by atoms with Gasteiger partial charge in [-0.05, 0) is 46.5 Å². The van der Waals surface area contributed by atoms with Crippen LogP contribution < -0.4 is 5.32 Å². The molecule has 0 atom stereocenters. The molecule has 0 aliphatic rings. The molecule has 3 aromatic carbocycles. The van der Waals surface area contributed by atoms with Crippen LogP contribution in [0.3, 0.4) is 0 Å². The lowest BCUT2D eigenvalue weighted by Crippen LogP contribution is -2.24. The molecule has 0 bridgehead atoms. The summed E-state index contributed by atoms with van der Waals surface area (Å²) >= 11 is 6.01. The van der Waals surface area contributed by atoms with Crippen LogP contribution >= 0.6 is 11.6 Å². The molecule has 0 unspecified atom stereocenters. The summed E-state index contributed by atoms with van der Waals surface area (Å²) in [7, 11) is 0. The van der Waals surface area contributed by atoms with E-state index in [1.54, 1.807) is 12.1 Å². The zero-order valence-electron chi connectivity index (χ0n) is 13.5. The van der Waals surface area contributed by atoms with E-state index < -0.39 is 0 Å². The number of halogens is 2. The van der Waals surface area contributed by atoms with Crippen molar-refractivity contribution in [2.45, 2.75) is 13.0 Å². The fourth-order valence-corrected chi connectivity index (χ4v) is 2.77. The van der Waals surface area contributed by atoms with Crippen LogP contribution in [0, 0.1) is 5.82 Å². The van der Waals surface area contributed by atoms with E-state index in [0.29, 0.717) is 11.6 Å². The Bertz CT molecular complexity index is 877. The van der Waals surface area contributed by atoms with Gasteiger partial charge in [0.2, 0.25) is 5.91 Å². The van der Waals surface area contributed by atoms with Crippen LogP contribution in [0.5, 0.6) is 0 Å². The Hall–Kier alpha value is -2.65. The average Bonchev–Trinajstić information content (AvgIpc) is 2.61. The number of hydrogen-bond donors (Lipinski definition) is 1. The van der Waals surface area contributed by atoms with Crippen molar-refractivity contribution in [3.8, 4) is 11.1 Å². The lowest BCUT2D eigenvalue weighted by atomic mass is 10.0. The Labute approximate surface area is 151 Å². The summed E-state index contributed by atoms with van der Waals surface area (Å²) in [6.07, 6.45) is 0.283. The molecule has 4 heteroatoms. The van der Waals surface area contributed by atoms with Gasteiger partial charge in [-0.15, -0.1) is 0 Å². The van der Waals surface area contributed by atoms with Gasteiger partial charge in [0, 0.05) is 11.6 Å². The minimum atomic E-state index is -0.302. The number of benzene rings is 3. The second-order valence-electron chi connectivity index (χ2n) is 5.79. The van der Waals surface area contributed by atoms with Crippen molar-refractivity contribution in [3.05, 3.63) is 94.8 Å². The minimum Gasteiger partial charge on any atom is -0.352 e. The first-order valence-electron chi connectivity index (χ1n) is 7.96. The van der Waals surface area contributed by atoms with Crippen LogP contribution in [-0.4, -0.2) is 5.91 Å². The van der Waals surface area contributed by atoms with Crippen molar-refractivity contribution in [1.82, 2.24) is 5.32 Å². The Kier molecular flexibility index (Phi) is 5.46. The molecule has 1 N–H and O–H groups in total. The molecule has 126 valence electrons. The highest BCUT2D eigenvalue weighted by molar-refractivity contribution is 6.30. The van der Waals surface area contributed by atoms with Crippen molar-refractivity contribution < 1.29 is 9.18 Å². The lowest BCUT2D eigenvalue weighted by Gasteiger charge is -2.07. The highest BCUT2D eigenvalue weighted by Crippen LogP contribution is 2.23. The molecule has 0 aliphatic carbocycles. The van der Waals surface area contributed by atoms with E-state index in [0.717, 1.165) is 22.3 Å². The second-order valence-corrected chi connectivity index (χ2v) is 6.23. The number of hydrogen-bond acceptors (Lipinski definition) is 1. The van der Waals surface area contributed by atoms with Gasteiger partial charge in [0.25, 0.3) is 0 Å². The van der Waals surface area contributed by atoms with Crippen LogP contribution in [0.15, 0.2) is 72.8 Å². The summed E-state index contributed by atoms with van der Waals surface area (Å²) in [6.45, 7) is 0.317. The van der Waals surface area contributed by atoms with Crippen molar-refractivity contribution in [2.75, 3.05) is 0 Å². The molecule has 0 aromatic heterocycles. The van der Waals surface area contributed by atoms with Gasteiger partial charge in [-0.3, -0.25) is 4.79 Å². The standard InChI is InChI=1S/C21H17ClFNO/c22-19-5-2-4-18(13-19)17-9-7-15(8-10-17)12-21(25)24-14-16-3-1-6-20(23)11-16/h1-11,13H,12,14H2,(H,24,25). The molecule has 0 spiro atoms. The van der Waals surface area contributed by atoms with E-state index in [1.807, 2.05) is 48.5 Å². The smallest absolute Gasteiger partial charge is 0.224 e. The summed E-state index contributed by atoms with van der Waals surface area (Å²) in [5.74, 6) is -0.400. The summed E-state index contributed by atoms with van der Waals surface area (Å²) in [5, 5.41) is 3.50. The molecule has 3 rings (SSSR count). The maximum absolute atomic E-state index is 13.1. The first-order chi connectivity index (χ1) is 12.1. The first kappa shape index (κ1) is 17.2. The Morgan fingerprint density at radius 3 is 2.36 bits per heavy atom. The van der Waals surface area contributed by atoms with E-state index in [1.165, 1.54) is 12.1 Å². The predicted molar refractivity (Wildman–Crippen MR) is 98.8 cm³/mol. The van der Waals surface area contributed by atoms with Crippen LogP contribution in [0.25, 0.3) is 11.1 Å². The van der Waals surface area contributed by atoms with Gasteiger partial charge in [-0.1, -0.05) is 60.1 Å². The first-order valence-corrected chi connectivity index (χ1v) is 8.34. The fraction of sp³-hybridized carbons (Fsp3) is 0.0952. The van der Waals surface area contributed by atoms with E-state index >= 15 is 0 Å². The SMILES string of the molecule is O=C(Cc1ccc(-c2cccc(Cl)c2)cc1)NCc1cccc(F)c1. The minimum absolute atomic E-state index is 0.0974. The van der Waals surface area contributed by atoms with Crippen LogP contribution in [0.2, 0.25) is 5.02 Å². The molecule has 25 heavy (non-hydrogen) atoms. The predicted octanol–water partition coefficient (Wildman–Crippen LogP) is 5.01. The summed E-state index contributed by atoms with van der Waals surface area (Å²) in [5.41, 5.74) is 3.74. The van der Waals surface area contributed by atoms with Crippen molar-refractivity contribution >= 4 is 17.5 Å². The molecule has 0 saturated carbocycles. The lowest BCUT2D eigenvalue weighted by molar-refractivity contribution is -0.120. The highest BCUT2D eigenvalue weighted by Gasteiger charge is 2.05. The Balaban J connectivity index is 1.58. The summed E-state index contributed by atoms with van der Waals surface area (Å²) in [4.78, 5) is 12.0. The van der Waals surface area contributed by atoms with Gasteiger partial charge in [-0.25, -0.2) is 4.39 Å². The molecule has 0 fully saturated rings. The van der Waals surface area contributed by atoms with E-state index in [4.69, 9.17) is 11.6 Å². The maximum atomic E-state index is 13.1. The topological polar surface area (TPSA) is 29.1 Å². The fourth-order valence-electron chi connectivity index (χ4n) is 2.58. The maximum Gasteiger partial charge on any atom is 0.224 e. The number of rotatable bonds is 5. The molecule has 2 nitrogen and oxygen atoms in total. The molecule has 0 heterocycles. The zero-order chi connectivity index (χ0) is 17.6. The average molecular weight is 354 g/mol. The van der Waals surface area contributed by atoms with Gasteiger partial charge in [0.1, 0.15) is 5.82 Å². The van der Waals surface area contributed by atoms with E-state index in [-0.39, 0.29) is 18.1 Å². The molecular formula is C21H17ClFNO. The number of nitrogens with one attached hydrogen (secondary N) is 1. The van der Waals surface area contributed by atoms with Crippen molar-refractivity contribution in [2.24, 2.45) is 0 Å². The third-order valence-electron chi connectivity index (χ3n) is 3.86. The molecule has 0 radical (unpaired) electrons. The van der Waals surface area contributed by atoms with Gasteiger partial charge in [0.05, 0.1) is 6.42 Å². The largest absolute Gasteiger partial charge is 0.352 e. The number of amides is 1. The summed E-state index contributed by atoms with van der Waals surface area (Å²) in [6, 6.07) is 21.7. The zero-order valence-corrected chi connectivity index (χ0v) is 14.3. The highest BCUT2D eigenvalue weighted by atomic mass is 35.5. The Morgan fingerprint density at radius 2 is 1.64 bits per heavy atom. The second kappa shape index (κ2) is 7.95. The van der Waals surface area contributed by atoms with Gasteiger partial charge >= 0.3 is 0 Å². The molecule has 0 aliphatic heterocycles. The van der Waals surface area contributed by atoms with Gasteiger partial charge in [0.15, 0.2) is 0 Å². The molecular weight excluding hydrogens is 337 g/mol. The molecule has 1 amide bonds. The third kappa shape index (κ3) is 4.91. The molecule has 0 saturated heterocycles. The summed E-state index contributed by atoms with van der Waals surface area (Å²) < 4.78 is 13.1. The number of carbonyl (C=O) groups excluding carboxylic acids is 1. The van der Waals surface area contributed by atoms with Gasteiger partial charge in [-0.2, -0.15) is 0 Å². The quantitative estimate of drug-likeness (QED) is 0.686. The molecule has 3 aromatic rings. The van der Waals surface area contributed by atoms with E-state index in [9.17, 15) is 9.18 Å². The Morgan fingerprint density at radius 1 is 0.880 bits per heavy atom. The van der Waals surface area contributed by atoms with E-state index in [2.05, 4.69) is 5.32 Å². The van der Waals surface area contributed by atoms with Crippen molar-refractivity contribution in [3.63, 3.8) is 0 Å². The monoisotopic (exact) mass is 353 g/mol. The van der Waals surface area contributed by atoms with Crippen LogP contribution in [0.1, 0.15) is 11.1 Å². The van der Waals surface area contributed by atoms with Gasteiger partial charge < -0.3 is 5.32 Å². The number of carbonyl (C=O) groups is 1. The normalized spacial score (nSPS) is 10.5. The third-order valence-corrected chi connectivity index (χ3v) is 4.09. The van der Waals surface area contributed by atoms with Crippen LogP contribution in [-0.2, 0) is 17.8 Å². The van der Waals surface area contributed by atoms with Crippen molar-refractivity contribution in [1.29, 1.82) is 0 Å².